The minimum absolute atomic E-state index is 0.0435. The highest BCUT2D eigenvalue weighted by Crippen LogP contribution is 2.62. The fourth-order valence-electron chi connectivity index (χ4n) is 5.02. The SMILES string of the molecule is CC(=O)O[C@@H]1OC(=O)C2=CC[C@H]3C(C)(C)CCC[C@]3(C)[C@H]21. The van der Waals surface area contributed by atoms with E-state index in [1.54, 1.807) is 0 Å². The Morgan fingerprint density at radius 3 is 2.71 bits per heavy atom. The number of hydrogen-bond donors (Lipinski definition) is 0. The first-order chi connectivity index (χ1) is 9.75. The molecule has 0 amide bonds. The van der Waals surface area contributed by atoms with Gasteiger partial charge in [0.15, 0.2) is 0 Å². The van der Waals surface area contributed by atoms with E-state index in [4.69, 9.17) is 9.47 Å². The zero-order chi connectivity index (χ0) is 15.4. The van der Waals surface area contributed by atoms with Gasteiger partial charge in [0.1, 0.15) is 0 Å². The monoisotopic (exact) mass is 292 g/mol. The molecule has 0 aromatic rings. The highest BCUT2D eigenvalue weighted by Gasteiger charge is 2.60. The van der Waals surface area contributed by atoms with Gasteiger partial charge in [0.05, 0.1) is 5.92 Å². The summed E-state index contributed by atoms with van der Waals surface area (Å²) in [5, 5.41) is 0. The number of allylic oxidation sites excluding steroid dienone is 1. The summed E-state index contributed by atoms with van der Waals surface area (Å²) in [7, 11) is 0. The van der Waals surface area contributed by atoms with E-state index in [0.717, 1.165) is 24.8 Å². The topological polar surface area (TPSA) is 52.6 Å². The number of esters is 2. The first-order valence-corrected chi connectivity index (χ1v) is 7.84. The molecule has 3 rings (SSSR count). The predicted octanol–water partition coefficient (Wildman–Crippen LogP) is 3.21. The molecule has 4 nitrogen and oxygen atoms in total. The molecule has 0 unspecified atom stereocenters. The van der Waals surface area contributed by atoms with Gasteiger partial charge in [-0.05, 0) is 36.0 Å². The summed E-state index contributed by atoms with van der Waals surface area (Å²) in [5.41, 5.74) is 0.914. The van der Waals surface area contributed by atoms with Crippen LogP contribution >= 0.6 is 0 Å². The first-order valence-electron chi connectivity index (χ1n) is 7.84. The molecule has 0 spiro atoms. The minimum atomic E-state index is -0.747. The van der Waals surface area contributed by atoms with E-state index in [1.807, 2.05) is 6.08 Å². The molecule has 0 radical (unpaired) electrons. The van der Waals surface area contributed by atoms with Crippen LogP contribution in [-0.4, -0.2) is 18.2 Å². The lowest BCUT2D eigenvalue weighted by atomic mass is 9.49. The van der Waals surface area contributed by atoms with Crippen LogP contribution in [0.15, 0.2) is 11.6 Å². The van der Waals surface area contributed by atoms with Gasteiger partial charge >= 0.3 is 11.9 Å². The van der Waals surface area contributed by atoms with Gasteiger partial charge < -0.3 is 9.47 Å². The zero-order valence-electron chi connectivity index (χ0n) is 13.3. The van der Waals surface area contributed by atoms with E-state index in [9.17, 15) is 9.59 Å². The van der Waals surface area contributed by atoms with Gasteiger partial charge in [0.2, 0.25) is 0 Å². The summed E-state index contributed by atoms with van der Waals surface area (Å²) in [6.45, 7) is 8.23. The minimum Gasteiger partial charge on any atom is -0.425 e. The third-order valence-electron chi connectivity index (χ3n) is 5.91. The number of rotatable bonds is 1. The smallest absolute Gasteiger partial charge is 0.337 e. The molecule has 4 heteroatoms. The van der Waals surface area contributed by atoms with Gasteiger partial charge in [0, 0.05) is 12.5 Å². The summed E-state index contributed by atoms with van der Waals surface area (Å²) in [6.07, 6.45) is 5.59. The maximum atomic E-state index is 12.1. The molecule has 0 bridgehead atoms. The highest BCUT2D eigenvalue weighted by atomic mass is 16.7. The quantitative estimate of drug-likeness (QED) is 0.696. The Hall–Kier alpha value is -1.32. The van der Waals surface area contributed by atoms with Crippen molar-refractivity contribution < 1.29 is 19.1 Å². The molecule has 3 aliphatic rings. The van der Waals surface area contributed by atoms with Crippen LogP contribution in [0.25, 0.3) is 0 Å². The lowest BCUT2D eigenvalue weighted by Crippen LogP contribution is -2.51. The molecule has 1 saturated heterocycles. The summed E-state index contributed by atoms with van der Waals surface area (Å²) in [6, 6.07) is 0. The molecule has 0 N–H and O–H groups in total. The van der Waals surface area contributed by atoms with Crippen molar-refractivity contribution in [3.63, 3.8) is 0 Å². The molecule has 1 aliphatic heterocycles. The third-order valence-corrected chi connectivity index (χ3v) is 5.91. The highest BCUT2D eigenvalue weighted by molar-refractivity contribution is 5.92. The summed E-state index contributed by atoms with van der Waals surface area (Å²) < 4.78 is 10.7. The number of carbonyl (C=O) groups is 2. The fourth-order valence-corrected chi connectivity index (χ4v) is 5.02. The van der Waals surface area contributed by atoms with Crippen molar-refractivity contribution in [1.82, 2.24) is 0 Å². The number of carbonyl (C=O) groups excluding carboxylic acids is 2. The number of hydrogen-bond acceptors (Lipinski definition) is 4. The molecule has 0 aromatic carbocycles. The van der Waals surface area contributed by atoms with Crippen LogP contribution in [0.2, 0.25) is 0 Å². The molecular weight excluding hydrogens is 268 g/mol. The van der Waals surface area contributed by atoms with Crippen LogP contribution in [0.3, 0.4) is 0 Å². The van der Waals surface area contributed by atoms with E-state index in [-0.39, 0.29) is 22.7 Å². The Balaban J connectivity index is 2.02. The van der Waals surface area contributed by atoms with Crippen molar-refractivity contribution in [2.45, 2.75) is 59.7 Å². The molecule has 1 saturated carbocycles. The normalized spacial score (nSPS) is 40.7. The Labute approximate surface area is 125 Å². The maximum Gasteiger partial charge on any atom is 0.337 e. The lowest BCUT2D eigenvalue weighted by Gasteiger charge is -2.55. The number of ether oxygens (including phenoxy) is 2. The Kier molecular flexibility index (Phi) is 3.19. The first kappa shape index (κ1) is 14.6. The second-order valence-corrected chi connectivity index (χ2v) is 7.66. The van der Waals surface area contributed by atoms with E-state index < -0.39 is 12.3 Å². The van der Waals surface area contributed by atoms with Gasteiger partial charge in [-0.3, -0.25) is 4.79 Å². The molecule has 0 aromatic heterocycles. The number of cyclic esters (lactones) is 1. The Morgan fingerprint density at radius 1 is 1.33 bits per heavy atom. The van der Waals surface area contributed by atoms with Crippen molar-refractivity contribution in [2.75, 3.05) is 0 Å². The van der Waals surface area contributed by atoms with Crippen molar-refractivity contribution in [2.24, 2.45) is 22.7 Å². The van der Waals surface area contributed by atoms with Crippen LogP contribution < -0.4 is 0 Å². The molecule has 21 heavy (non-hydrogen) atoms. The second kappa shape index (κ2) is 4.59. The summed E-state index contributed by atoms with van der Waals surface area (Å²) in [4.78, 5) is 23.4. The van der Waals surface area contributed by atoms with Crippen LogP contribution in [0.4, 0.5) is 0 Å². The lowest BCUT2D eigenvalue weighted by molar-refractivity contribution is -0.191. The van der Waals surface area contributed by atoms with Crippen molar-refractivity contribution in [3.8, 4) is 0 Å². The van der Waals surface area contributed by atoms with Crippen LogP contribution in [0, 0.1) is 22.7 Å². The van der Waals surface area contributed by atoms with E-state index in [2.05, 4.69) is 20.8 Å². The average molecular weight is 292 g/mol. The zero-order valence-corrected chi connectivity index (χ0v) is 13.3. The maximum absolute atomic E-state index is 12.1. The summed E-state index contributed by atoms with van der Waals surface area (Å²) >= 11 is 0. The van der Waals surface area contributed by atoms with Gasteiger partial charge in [-0.25, -0.2) is 4.79 Å². The van der Waals surface area contributed by atoms with E-state index in [1.165, 1.54) is 13.3 Å². The van der Waals surface area contributed by atoms with Gasteiger partial charge in [-0.15, -0.1) is 0 Å². The molecule has 116 valence electrons. The second-order valence-electron chi connectivity index (χ2n) is 7.66. The fraction of sp³-hybridized carbons (Fsp3) is 0.765. The van der Waals surface area contributed by atoms with Gasteiger partial charge in [-0.1, -0.05) is 33.3 Å². The van der Waals surface area contributed by atoms with Gasteiger partial charge in [0.25, 0.3) is 6.29 Å². The molecular formula is C17H24O4. The van der Waals surface area contributed by atoms with E-state index in [0.29, 0.717) is 5.92 Å². The predicted molar refractivity (Wildman–Crippen MR) is 77.1 cm³/mol. The third kappa shape index (κ3) is 2.11. The van der Waals surface area contributed by atoms with Crippen LogP contribution in [0.1, 0.15) is 53.4 Å². The standard InChI is InChI=1S/C17H24O4/c1-10(18)20-15-13-11(14(19)21-15)6-7-12-16(2,3)8-5-9-17(12,13)4/h6,12-13,15H,5,7-9H2,1-4H3/t12-,13+,15+,17-/m0/s1. The molecule has 1 heterocycles. The molecule has 2 aliphatic carbocycles. The average Bonchev–Trinajstić information content (AvgIpc) is 2.65. The largest absolute Gasteiger partial charge is 0.425 e. The van der Waals surface area contributed by atoms with Crippen LogP contribution in [0.5, 0.6) is 0 Å². The molecule has 2 fully saturated rings. The van der Waals surface area contributed by atoms with Crippen molar-refractivity contribution in [3.05, 3.63) is 11.6 Å². The summed E-state index contributed by atoms with van der Waals surface area (Å²) in [5.74, 6) is -0.337. The number of fused-ring (bicyclic) bond motifs is 3. The molecule has 4 atom stereocenters. The van der Waals surface area contributed by atoms with Crippen molar-refractivity contribution >= 4 is 11.9 Å². The Morgan fingerprint density at radius 2 is 2.05 bits per heavy atom. The Bertz CT molecular complexity index is 519. The van der Waals surface area contributed by atoms with Crippen molar-refractivity contribution in [1.29, 1.82) is 0 Å². The van der Waals surface area contributed by atoms with Crippen LogP contribution in [-0.2, 0) is 19.1 Å². The van der Waals surface area contributed by atoms with Gasteiger partial charge in [-0.2, -0.15) is 0 Å². The van der Waals surface area contributed by atoms with E-state index >= 15 is 0 Å².